The number of hydrogen-bond acceptors (Lipinski definition) is 3. The summed E-state index contributed by atoms with van der Waals surface area (Å²) in [5, 5.41) is 0.654. The molecule has 0 amide bonds. The van der Waals surface area contributed by atoms with Gasteiger partial charge in [-0.15, -0.1) is 0 Å². The lowest BCUT2D eigenvalue weighted by Crippen LogP contribution is -2.37. The fourth-order valence-corrected chi connectivity index (χ4v) is 3.82. The lowest BCUT2D eigenvalue weighted by molar-refractivity contribution is 0.174. The van der Waals surface area contributed by atoms with Gasteiger partial charge >= 0.3 is 0 Å². The molecule has 0 radical (unpaired) electrons. The van der Waals surface area contributed by atoms with E-state index in [1.165, 1.54) is 18.4 Å². The van der Waals surface area contributed by atoms with E-state index in [9.17, 15) is 0 Å². The minimum atomic E-state index is 0.268. The van der Waals surface area contributed by atoms with Gasteiger partial charge in [-0.05, 0) is 37.6 Å². The third-order valence-corrected chi connectivity index (χ3v) is 4.87. The van der Waals surface area contributed by atoms with Gasteiger partial charge in [-0.25, -0.2) is 0 Å². The van der Waals surface area contributed by atoms with E-state index >= 15 is 0 Å². The summed E-state index contributed by atoms with van der Waals surface area (Å²) < 4.78 is 10.8. The van der Waals surface area contributed by atoms with Crippen LogP contribution in [0.25, 0.3) is 0 Å². The van der Waals surface area contributed by atoms with Gasteiger partial charge in [0.05, 0.1) is 5.02 Å². The molecular weight excluding hydrogens is 262 g/mol. The van der Waals surface area contributed by atoms with E-state index in [2.05, 4.69) is 30.2 Å². The van der Waals surface area contributed by atoms with Gasteiger partial charge in [-0.1, -0.05) is 23.8 Å². The van der Waals surface area contributed by atoms with Gasteiger partial charge in [0, 0.05) is 18.0 Å². The standard InChI is InChI=1S/C15H16ClNO2/c1-17-10-2-4-11(13(17)5-3-10)9-6-12(16)15-14(7-9)18-8-19-15/h2,4,6-7,10-11,13H,3,5,8H2,1H3. The number of likely N-dealkylation sites (N-methyl/N-ethyl adjacent to an activating group) is 1. The second-order valence-electron chi connectivity index (χ2n) is 5.52. The predicted octanol–water partition coefficient (Wildman–Crippen LogP) is 3.18. The molecule has 3 nitrogen and oxygen atoms in total. The first-order valence-corrected chi connectivity index (χ1v) is 7.11. The van der Waals surface area contributed by atoms with Crippen LogP contribution in [-0.4, -0.2) is 30.8 Å². The van der Waals surface area contributed by atoms with Gasteiger partial charge in [0.1, 0.15) is 0 Å². The Kier molecular flexibility index (Phi) is 2.54. The van der Waals surface area contributed by atoms with Crippen molar-refractivity contribution in [3.05, 3.63) is 34.9 Å². The number of fused-ring (bicyclic) bond motifs is 3. The minimum absolute atomic E-state index is 0.268. The molecule has 1 fully saturated rings. The summed E-state index contributed by atoms with van der Waals surface area (Å²) in [6.45, 7) is 0.268. The molecule has 19 heavy (non-hydrogen) atoms. The van der Waals surface area contributed by atoms with Crippen molar-refractivity contribution < 1.29 is 9.47 Å². The molecule has 1 aromatic carbocycles. The van der Waals surface area contributed by atoms with Crippen molar-refractivity contribution in [1.82, 2.24) is 4.90 Å². The Hall–Kier alpha value is -1.19. The topological polar surface area (TPSA) is 21.7 Å². The zero-order valence-electron chi connectivity index (χ0n) is 10.8. The monoisotopic (exact) mass is 277 g/mol. The van der Waals surface area contributed by atoms with E-state index < -0.39 is 0 Å². The van der Waals surface area contributed by atoms with Crippen LogP contribution in [0.2, 0.25) is 5.02 Å². The van der Waals surface area contributed by atoms with Crippen LogP contribution in [0, 0.1) is 0 Å². The van der Waals surface area contributed by atoms with Gasteiger partial charge in [-0.3, -0.25) is 4.90 Å². The van der Waals surface area contributed by atoms with Gasteiger partial charge in [0.15, 0.2) is 11.5 Å². The lowest BCUT2D eigenvalue weighted by atomic mass is 9.88. The molecule has 4 rings (SSSR count). The van der Waals surface area contributed by atoms with Crippen molar-refractivity contribution in [3.8, 4) is 11.5 Å². The van der Waals surface area contributed by atoms with Crippen LogP contribution >= 0.6 is 11.6 Å². The number of nitrogens with zero attached hydrogens (tertiary/aromatic N) is 1. The summed E-state index contributed by atoms with van der Waals surface area (Å²) in [5.74, 6) is 1.86. The molecule has 0 N–H and O–H groups in total. The lowest BCUT2D eigenvalue weighted by Gasteiger charge is -2.33. The van der Waals surface area contributed by atoms with E-state index in [1.807, 2.05) is 6.07 Å². The molecule has 4 heteroatoms. The summed E-state index contributed by atoms with van der Waals surface area (Å²) in [6.07, 6.45) is 7.15. The van der Waals surface area contributed by atoms with E-state index in [0.29, 0.717) is 28.8 Å². The first-order chi connectivity index (χ1) is 9.24. The molecular formula is C15H16ClNO2. The summed E-state index contributed by atoms with van der Waals surface area (Å²) in [5.41, 5.74) is 1.22. The highest BCUT2D eigenvalue weighted by Gasteiger charge is 2.38. The third-order valence-electron chi connectivity index (χ3n) is 4.59. The first kappa shape index (κ1) is 11.6. The zero-order valence-corrected chi connectivity index (χ0v) is 11.6. The summed E-state index contributed by atoms with van der Waals surface area (Å²) in [4.78, 5) is 2.48. The van der Waals surface area contributed by atoms with Crippen molar-refractivity contribution in [1.29, 1.82) is 0 Å². The van der Waals surface area contributed by atoms with Gasteiger partial charge in [0.2, 0.25) is 6.79 Å². The zero-order chi connectivity index (χ0) is 13.0. The molecule has 0 saturated carbocycles. The smallest absolute Gasteiger partial charge is 0.231 e. The SMILES string of the molecule is CN1C2C=CC(c3cc(Cl)c4c(c3)OCO4)C1CC2. The molecule has 3 atom stereocenters. The number of rotatable bonds is 1. The van der Waals surface area contributed by atoms with Crippen LogP contribution < -0.4 is 9.47 Å². The molecule has 0 aliphatic carbocycles. The van der Waals surface area contributed by atoms with Crippen molar-refractivity contribution in [3.63, 3.8) is 0 Å². The first-order valence-electron chi connectivity index (χ1n) is 6.73. The Labute approximate surface area is 117 Å². The molecule has 0 spiro atoms. The minimum Gasteiger partial charge on any atom is -0.454 e. The van der Waals surface area contributed by atoms with Crippen LogP contribution in [0.5, 0.6) is 11.5 Å². The largest absolute Gasteiger partial charge is 0.454 e. The Bertz CT molecular complexity index is 557. The van der Waals surface area contributed by atoms with Gasteiger partial charge < -0.3 is 9.47 Å². The van der Waals surface area contributed by atoms with Gasteiger partial charge in [0.25, 0.3) is 0 Å². The quantitative estimate of drug-likeness (QED) is 0.736. The second kappa shape index (κ2) is 4.15. The van der Waals surface area contributed by atoms with Crippen LogP contribution in [0.3, 0.4) is 0 Å². The average molecular weight is 278 g/mol. The molecule has 1 saturated heterocycles. The van der Waals surface area contributed by atoms with Crippen molar-refractivity contribution in [2.75, 3.05) is 13.8 Å². The summed E-state index contributed by atoms with van der Waals surface area (Å²) in [7, 11) is 2.22. The molecule has 2 bridgehead atoms. The number of hydrogen-bond donors (Lipinski definition) is 0. The fraction of sp³-hybridized carbons (Fsp3) is 0.467. The predicted molar refractivity (Wildman–Crippen MR) is 74.0 cm³/mol. The number of ether oxygens (including phenoxy) is 2. The van der Waals surface area contributed by atoms with E-state index in [4.69, 9.17) is 21.1 Å². The van der Waals surface area contributed by atoms with Crippen LogP contribution in [0.15, 0.2) is 24.3 Å². The fourth-order valence-electron chi connectivity index (χ4n) is 3.55. The normalized spacial score (nSPS) is 32.0. The van der Waals surface area contributed by atoms with Crippen LogP contribution in [0.1, 0.15) is 24.3 Å². The Morgan fingerprint density at radius 3 is 3.00 bits per heavy atom. The maximum atomic E-state index is 6.29. The van der Waals surface area contributed by atoms with Crippen molar-refractivity contribution in [2.45, 2.75) is 30.8 Å². The van der Waals surface area contributed by atoms with Crippen LogP contribution in [0.4, 0.5) is 0 Å². The molecule has 100 valence electrons. The molecule has 3 aliphatic rings. The summed E-state index contributed by atoms with van der Waals surface area (Å²) in [6, 6.07) is 5.30. The van der Waals surface area contributed by atoms with Crippen molar-refractivity contribution >= 4 is 11.6 Å². The number of halogens is 1. The molecule has 1 aromatic rings. The van der Waals surface area contributed by atoms with Gasteiger partial charge in [-0.2, -0.15) is 0 Å². The van der Waals surface area contributed by atoms with Crippen molar-refractivity contribution in [2.24, 2.45) is 0 Å². The molecule has 3 heterocycles. The average Bonchev–Trinajstić information content (AvgIpc) is 2.93. The van der Waals surface area contributed by atoms with E-state index in [0.717, 1.165) is 5.75 Å². The highest BCUT2D eigenvalue weighted by atomic mass is 35.5. The highest BCUT2D eigenvalue weighted by Crippen LogP contribution is 2.45. The Morgan fingerprint density at radius 2 is 2.11 bits per heavy atom. The third kappa shape index (κ3) is 1.68. The second-order valence-corrected chi connectivity index (χ2v) is 5.93. The molecule has 0 aromatic heterocycles. The summed E-state index contributed by atoms with van der Waals surface area (Å²) >= 11 is 6.29. The highest BCUT2D eigenvalue weighted by molar-refractivity contribution is 6.32. The van der Waals surface area contributed by atoms with E-state index in [1.54, 1.807) is 0 Å². The Balaban J connectivity index is 1.75. The Morgan fingerprint density at radius 1 is 1.21 bits per heavy atom. The number of benzene rings is 1. The van der Waals surface area contributed by atoms with E-state index in [-0.39, 0.29) is 6.79 Å². The maximum absolute atomic E-state index is 6.29. The molecule has 3 aliphatic heterocycles. The van der Waals surface area contributed by atoms with Crippen LogP contribution in [-0.2, 0) is 0 Å². The maximum Gasteiger partial charge on any atom is 0.231 e. The molecule has 3 unspecified atom stereocenters.